The molecule has 0 bridgehead atoms. The van der Waals surface area contributed by atoms with Crippen LogP contribution in [0.3, 0.4) is 0 Å². The molecule has 1 aromatic carbocycles. The lowest BCUT2D eigenvalue weighted by Gasteiger charge is -2.29. The number of hydrogen-bond acceptors (Lipinski definition) is 2. The first-order valence-corrected chi connectivity index (χ1v) is 6.47. The Morgan fingerprint density at radius 1 is 0.941 bits per heavy atom. The molecular weight excluding hydrogens is 212 g/mol. The first kappa shape index (κ1) is 12.3. The van der Waals surface area contributed by atoms with Crippen molar-refractivity contribution in [2.75, 3.05) is 14.2 Å². The van der Waals surface area contributed by atoms with Gasteiger partial charge in [0.05, 0.1) is 14.2 Å². The van der Waals surface area contributed by atoms with Crippen LogP contribution < -0.4 is 9.47 Å². The Morgan fingerprint density at radius 2 is 1.53 bits per heavy atom. The maximum atomic E-state index is 5.34. The van der Waals surface area contributed by atoms with Gasteiger partial charge in [0.1, 0.15) is 11.5 Å². The quantitative estimate of drug-likeness (QED) is 0.787. The monoisotopic (exact) mass is 234 g/mol. The third-order valence-corrected chi connectivity index (χ3v) is 3.91. The highest BCUT2D eigenvalue weighted by molar-refractivity contribution is 5.40. The molecule has 17 heavy (non-hydrogen) atoms. The summed E-state index contributed by atoms with van der Waals surface area (Å²) < 4.78 is 10.7. The van der Waals surface area contributed by atoms with E-state index in [2.05, 4.69) is 19.1 Å². The van der Waals surface area contributed by atoms with Crippen LogP contribution in [0.4, 0.5) is 0 Å². The molecule has 94 valence electrons. The first-order valence-electron chi connectivity index (χ1n) is 6.47. The zero-order valence-electron chi connectivity index (χ0n) is 11.0. The molecule has 1 saturated carbocycles. The number of benzene rings is 1. The van der Waals surface area contributed by atoms with E-state index in [0.717, 1.165) is 17.4 Å². The van der Waals surface area contributed by atoms with Crippen molar-refractivity contribution in [3.8, 4) is 11.5 Å². The molecule has 0 saturated heterocycles. The van der Waals surface area contributed by atoms with E-state index in [1.54, 1.807) is 14.2 Å². The molecule has 1 fully saturated rings. The predicted octanol–water partition coefficient (Wildman–Crippen LogP) is 4.00. The van der Waals surface area contributed by atoms with Crippen LogP contribution in [0.25, 0.3) is 0 Å². The van der Waals surface area contributed by atoms with E-state index in [-0.39, 0.29) is 0 Å². The number of ether oxygens (including phenoxy) is 2. The van der Waals surface area contributed by atoms with Crippen LogP contribution in [0.1, 0.15) is 44.1 Å². The van der Waals surface area contributed by atoms with Gasteiger partial charge >= 0.3 is 0 Å². The molecule has 1 aromatic rings. The van der Waals surface area contributed by atoms with Crippen LogP contribution in [0.2, 0.25) is 0 Å². The third kappa shape index (κ3) is 2.74. The van der Waals surface area contributed by atoms with Crippen molar-refractivity contribution in [1.29, 1.82) is 0 Å². The van der Waals surface area contributed by atoms with Gasteiger partial charge in [0.2, 0.25) is 0 Å². The Hall–Kier alpha value is -1.18. The summed E-state index contributed by atoms with van der Waals surface area (Å²) in [6.45, 7) is 2.36. The second-order valence-corrected chi connectivity index (χ2v) is 5.01. The Kier molecular flexibility index (Phi) is 3.93. The van der Waals surface area contributed by atoms with Crippen molar-refractivity contribution < 1.29 is 9.47 Å². The molecule has 1 aliphatic carbocycles. The fourth-order valence-corrected chi connectivity index (χ4v) is 2.85. The highest BCUT2D eigenvalue weighted by atomic mass is 16.5. The van der Waals surface area contributed by atoms with E-state index in [4.69, 9.17) is 9.47 Å². The van der Waals surface area contributed by atoms with Crippen LogP contribution in [-0.4, -0.2) is 14.2 Å². The summed E-state index contributed by atoms with van der Waals surface area (Å²) in [5, 5.41) is 0. The number of rotatable bonds is 3. The minimum absolute atomic E-state index is 0.660. The Bertz CT molecular complexity index is 351. The molecule has 1 aliphatic rings. The average molecular weight is 234 g/mol. The summed E-state index contributed by atoms with van der Waals surface area (Å²) in [4.78, 5) is 0. The highest BCUT2D eigenvalue weighted by Crippen LogP contribution is 2.39. The third-order valence-electron chi connectivity index (χ3n) is 3.91. The number of methoxy groups -OCH3 is 2. The van der Waals surface area contributed by atoms with Gasteiger partial charge in [-0.1, -0.05) is 26.2 Å². The molecular formula is C15H22O2. The van der Waals surface area contributed by atoms with Crippen LogP contribution in [0, 0.1) is 5.92 Å². The summed E-state index contributed by atoms with van der Waals surface area (Å²) in [5.41, 5.74) is 1.37. The highest BCUT2D eigenvalue weighted by Gasteiger charge is 2.23. The Morgan fingerprint density at radius 3 is 2.06 bits per heavy atom. The van der Waals surface area contributed by atoms with Gasteiger partial charge in [0.25, 0.3) is 0 Å². The largest absolute Gasteiger partial charge is 0.497 e. The van der Waals surface area contributed by atoms with Gasteiger partial charge in [-0.2, -0.15) is 0 Å². The fourth-order valence-electron chi connectivity index (χ4n) is 2.85. The van der Waals surface area contributed by atoms with Crippen LogP contribution in [0.5, 0.6) is 11.5 Å². The average Bonchev–Trinajstić information content (AvgIpc) is 2.38. The van der Waals surface area contributed by atoms with Crippen LogP contribution in [0.15, 0.2) is 18.2 Å². The van der Waals surface area contributed by atoms with Crippen molar-refractivity contribution in [2.24, 2.45) is 5.92 Å². The molecule has 2 nitrogen and oxygen atoms in total. The standard InChI is InChI=1S/C15H22O2/c1-11-6-4-5-7-15(11)12-8-13(16-2)10-14(9-12)17-3/h8-11,15H,4-7H2,1-3H3/t11-,15-/m1/s1. The summed E-state index contributed by atoms with van der Waals surface area (Å²) >= 11 is 0. The minimum atomic E-state index is 0.660. The predicted molar refractivity (Wildman–Crippen MR) is 69.9 cm³/mol. The summed E-state index contributed by atoms with van der Waals surface area (Å²) in [6, 6.07) is 6.26. The van der Waals surface area contributed by atoms with Gasteiger partial charge in [-0.15, -0.1) is 0 Å². The topological polar surface area (TPSA) is 18.5 Å². The van der Waals surface area contributed by atoms with E-state index in [9.17, 15) is 0 Å². The molecule has 0 amide bonds. The molecule has 2 atom stereocenters. The molecule has 2 heteroatoms. The lowest BCUT2D eigenvalue weighted by atomic mass is 9.76. The molecule has 0 heterocycles. The van der Waals surface area contributed by atoms with E-state index in [1.165, 1.54) is 31.2 Å². The zero-order chi connectivity index (χ0) is 12.3. The second-order valence-electron chi connectivity index (χ2n) is 5.01. The smallest absolute Gasteiger partial charge is 0.122 e. The van der Waals surface area contributed by atoms with Crippen molar-refractivity contribution >= 4 is 0 Å². The SMILES string of the molecule is COc1cc(OC)cc([C@@H]2CCCC[C@H]2C)c1. The molecule has 0 aliphatic heterocycles. The van der Waals surface area contributed by atoms with Gasteiger partial charge in [0, 0.05) is 6.07 Å². The van der Waals surface area contributed by atoms with E-state index >= 15 is 0 Å². The maximum absolute atomic E-state index is 5.34. The lowest BCUT2D eigenvalue weighted by molar-refractivity contribution is 0.327. The number of hydrogen-bond donors (Lipinski definition) is 0. The van der Waals surface area contributed by atoms with Gasteiger partial charge in [-0.3, -0.25) is 0 Å². The molecule has 2 rings (SSSR count). The van der Waals surface area contributed by atoms with Gasteiger partial charge in [0.15, 0.2) is 0 Å². The second kappa shape index (κ2) is 5.44. The van der Waals surface area contributed by atoms with Crippen molar-refractivity contribution in [2.45, 2.75) is 38.5 Å². The van der Waals surface area contributed by atoms with E-state index in [0.29, 0.717) is 5.92 Å². The molecule has 0 spiro atoms. The van der Waals surface area contributed by atoms with E-state index < -0.39 is 0 Å². The molecule has 0 aromatic heterocycles. The van der Waals surface area contributed by atoms with Gasteiger partial charge in [-0.05, 0) is 36.0 Å². The zero-order valence-corrected chi connectivity index (χ0v) is 11.0. The van der Waals surface area contributed by atoms with E-state index in [1.807, 2.05) is 6.07 Å². The summed E-state index contributed by atoms with van der Waals surface area (Å²) in [7, 11) is 3.42. The Labute approximate surface area is 104 Å². The van der Waals surface area contributed by atoms with Crippen LogP contribution in [-0.2, 0) is 0 Å². The normalized spacial score (nSPS) is 24.4. The summed E-state index contributed by atoms with van der Waals surface area (Å²) in [5.74, 6) is 3.22. The van der Waals surface area contributed by atoms with Crippen molar-refractivity contribution in [3.63, 3.8) is 0 Å². The fraction of sp³-hybridized carbons (Fsp3) is 0.600. The Balaban J connectivity index is 2.29. The first-order chi connectivity index (χ1) is 8.24. The van der Waals surface area contributed by atoms with Crippen molar-refractivity contribution in [3.05, 3.63) is 23.8 Å². The summed E-state index contributed by atoms with van der Waals surface area (Å²) in [6.07, 6.45) is 5.34. The van der Waals surface area contributed by atoms with Crippen molar-refractivity contribution in [1.82, 2.24) is 0 Å². The van der Waals surface area contributed by atoms with Crippen LogP contribution >= 0.6 is 0 Å². The minimum Gasteiger partial charge on any atom is -0.497 e. The lowest BCUT2D eigenvalue weighted by Crippen LogP contribution is -2.14. The molecule has 0 unspecified atom stereocenters. The van der Waals surface area contributed by atoms with Gasteiger partial charge in [-0.25, -0.2) is 0 Å². The molecule has 0 radical (unpaired) electrons. The van der Waals surface area contributed by atoms with Gasteiger partial charge < -0.3 is 9.47 Å². The maximum Gasteiger partial charge on any atom is 0.122 e. The molecule has 0 N–H and O–H groups in total.